The molecule has 6 nitrogen and oxygen atoms in total. The van der Waals surface area contributed by atoms with Gasteiger partial charge in [0.2, 0.25) is 5.95 Å². The minimum Gasteiger partial charge on any atom is -0.485 e. The van der Waals surface area contributed by atoms with Gasteiger partial charge in [0.05, 0.1) is 13.1 Å². The SMILES string of the molecule is CC(=O)CNc1nnc(COc2cccc3ccccc23)n1Cc1ccccc1. The molecule has 4 rings (SSSR count). The van der Waals surface area contributed by atoms with E-state index in [4.69, 9.17) is 4.74 Å². The van der Waals surface area contributed by atoms with Crippen LogP contribution in [0.4, 0.5) is 5.95 Å². The van der Waals surface area contributed by atoms with Crippen molar-refractivity contribution in [2.24, 2.45) is 0 Å². The van der Waals surface area contributed by atoms with Gasteiger partial charge < -0.3 is 10.1 Å². The monoisotopic (exact) mass is 386 g/mol. The number of anilines is 1. The van der Waals surface area contributed by atoms with Crippen molar-refractivity contribution in [1.82, 2.24) is 14.8 Å². The van der Waals surface area contributed by atoms with Gasteiger partial charge in [-0.15, -0.1) is 10.2 Å². The van der Waals surface area contributed by atoms with E-state index >= 15 is 0 Å². The first kappa shape index (κ1) is 18.7. The summed E-state index contributed by atoms with van der Waals surface area (Å²) in [6, 6.07) is 24.2. The van der Waals surface area contributed by atoms with Crippen LogP contribution >= 0.6 is 0 Å². The summed E-state index contributed by atoms with van der Waals surface area (Å²) in [6.07, 6.45) is 0. The molecule has 146 valence electrons. The largest absolute Gasteiger partial charge is 0.485 e. The number of rotatable bonds is 8. The number of aromatic nitrogens is 3. The van der Waals surface area contributed by atoms with Crippen molar-refractivity contribution < 1.29 is 9.53 Å². The zero-order valence-corrected chi connectivity index (χ0v) is 16.2. The van der Waals surface area contributed by atoms with Crippen molar-refractivity contribution >= 4 is 22.5 Å². The third-order valence-corrected chi connectivity index (χ3v) is 4.61. The Bertz CT molecular complexity index is 1120. The minimum atomic E-state index is 0.0350. The van der Waals surface area contributed by atoms with E-state index in [9.17, 15) is 4.79 Å². The molecule has 0 atom stereocenters. The molecule has 0 radical (unpaired) electrons. The van der Waals surface area contributed by atoms with Crippen LogP contribution in [-0.2, 0) is 17.9 Å². The van der Waals surface area contributed by atoms with Crippen LogP contribution < -0.4 is 10.1 Å². The smallest absolute Gasteiger partial charge is 0.225 e. The zero-order valence-electron chi connectivity index (χ0n) is 16.2. The van der Waals surface area contributed by atoms with Crippen LogP contribution in [0.2, 0.25) is 0 Å². The number of nitrogens with one attached hydrogen (secondary N) is 1. The van der Waals surface area contributed by atoms with Gasteiger partial charge >= 0.3 is 0 Å². The van der Waals surface area contributed by atoms with E-state index in [0.717, 1.165) is 22.1 Å². The summed E-state index contributed by atoms with van der Waals surface area (Å²) in [5.74, 6) is 2.08. The predicted molar refractivity (Wildman–Crippen MR) is 113 cm³/mol. The lowest BCUT2D eigenvalue weighted by molar-refractivity contribution is -0.115. The molecule has 0 unspecified atom stereocenters. The maximum Gasteiger partial charge on any atom is 0.225 e. The number of carbonyl (C=O) groups excluding carboxylic acids is 1. The maximum absolute atomic E-state index is 11.4. The molecule has 0 amide bonds. The maximum atomic E-state index is 11.4. The molecule has 0 aliphatic carbocycles. The number of fused-ring (bicyclic) bond motifs is 1. The Labute approximate surface area is 169 Å². The van der Waals surface area contributed by atoms with E-state index in [-0.39, 0.29) is 18.9 Å². The van der Waals surface area contributed by atoms with Crippen molar-refractivity contribution in [3.05, 3.63) is 84.2 Å². The van der Waals surface area contributed by atoms with Crippen LogP contribution in [0.25, 0.3) is 10.8 Å². The molecule has 6 heteroatoms. The van der Waals surface area contributed by atoms with Crippen LogP contribution in [0.3, 0.4) is 0 Å². The molecule has 0 fully saturated rings. The van der Waals surface area contributed by atoms with Gasteiger partial charge in [-0.05, 0) is 23.9 Å². The molecule has 29 heavy (non-hydrogen) atoms. The van der Waals surface area contributed by atoms with Gasteiger partial charge in [0, 0.05) is 5.39 Å². The number of hydrogen-bond acceptors (Lipinski definition) is 5. The first-order valence-corrected chi connectivity index (χ1v) is 9.50. The number of nitrogens with zero attached hydrogens (tertiary/aromatic N) is 3. The molecule has 4 aromatic rings. The highest BCUT2D eigenvalue weighted by Crippen LogP contribution is 2.26. The zero-order chi connectivity index (χ0) is 20.1. The summed E-state index contributed by atoms with van der Waals surface area (Å²) >= 11 is 0. The molecule has 3 aromatic carbocycles. The molecule has 0 saturated heterocycles. The Morgan fingerprint density at radius 3 is 2.55 bits per heavy atom. The summed E-state index contributed by atoms with van der Waals surface area (Å²) in [5.41, 5.74) is 1.12. The highest BCUT2D eigenvalue weighted by atomic mass is 16.5. The van der Waals surface area contributed by atoms with E-state index in [0.29, 0.717) is 18.3 Å². The minimum absolute atomic E-state index is 0.0350. The van der Waals surface area contributed by atoms with Crippen molar-refractivity contribution in [3.63, 3.8) is 0 Å². The summed E-state index contributed by atoms with van der Waals surface area (Å²) in [4.78, 5) is 11.4. The lowest BCUT2D eigenvalue weighted by atomic mass is 10.1. The molecule has 0 saturated carbocycles. The van der Waals surface area contributed by atoms with Crippen molar-refractivity contribution in [1.29, 1.82) is 0 Å². The first-order valence-electron chi connectivity index (χ1n) is 9.50. The second kappa shape index (κ2) is 8.56. The Morgan fingerprint density at radius 2 is 1.72 bits per heavy atom. The normalized spacial score (nSPS) is 10.8. The fourth-order valence-corrected chi connectivity index (χ4v) is 3.17. The third-order valence-electron chi connectivity index (χ3n) is 4.61. The number of benzene rings is 3. The van der Waals surface area contributed by atoms with E-state index in [2.05, 4.69) is 27.6 Å². The van der Waals surface area contributed by atoms with Gasteiger partial charge in [-0.1, -0.05) is 66.7 Å². The third kappa shape index (κ3) is 4.43. The second-order valence-electron chi connectivity index (χ2n) is 6.83. The number of Topliss-reactive ketones (excluding diaryl/α,β-unsaturated/α-hetero) is 1. The highest BCUT2D eigenvalue weighted by molar-refractivity contribution is 5.88. The van der Waals surface area contributed by atoms with Gasteiger partial charge in [0.15, 0.2) is 5.82 Å². The quantitative estimate of drug-likeness (QED) is 0.495. The fraction of sp³-hybridized carbons (Fsp3) is 0.174. The van der Waals surface area contributed by atoms with Gasteiger partial charge in [0.25, 0.3) is 0 Å². The molecule has 1 N–H and O–H groups in total. The molecule has 0 spiro atoms. The molecule has 1 aromatic heterocycles. The fourth-order valence-electron chi connectivity index (χ4n) is 3.17. The van der Waals surface area contributed by atoms with E-state index in [1.165, 1.54) is 6.92 Å². The van der Waals surface area contributed by atoms with E-state index < -0.39 is 0 Å². The van der Waals surface area contributed by atoms with Crippen molar-refractivity contribution in [2.45, 2.75) is 20.1 Å². The van der Waals surface area contributed by atoms with Gasteiger partial charge in [-0.2, -0.15) is 0 Å². The van der Waals surface area contributed by atoms with Crippen molar-refractivity contribution in [2.75, 3.05) is 11.9 Å². The van der Waals surface area contributed by atoms with Crippen LogP contribution in [0.15, 0.2) is 72.8 Å². The summed E-state index contributed by atoms with van der Waals surface area (Å²) < 4.78 is 8.05. The second-order valence-corrected chi connectivity index (χ2v) is 6.83. The predicted octanol–water partition coefficient (Wildman–Crippen LogP) is 4.06. The van der Waals surface area contributed by atoms with Gasteiger partial charge in [0.1, 0.15) is 18.1 Å². The molecular weight excluding hydrogens is 364 g/mol. The summed E-state index contributed by atoms with van der Waals surface area (Å²) in [5, 5.41) is 13.8. The van der Waals surface area contributed by atoms with Crippen LogP contribution in [0, 0.1) is 0 Å². The van der Waals surface area contributed by atoms with Crippen LogP contribution in [-0.4, -0.2) is 27.1 Å². The van der Waals surface area contributed by atoms with Gasteiger partial charge in [-0.25, -0.2) is 0 Å². The van der Waals surface area contributed by atoms with Crippen LogP contribution in [0.5, 0.6) is 5.75 Å². The Morgan fingerprint density at radius 1 is 0.966 bits per heavy atom. The number of ether oxygens (including phenoxy) is 1. The highest BCUT2D eigenvalue weighted by Gasteiger charge is 2.14. The number of ketones is 1. The average Bonchev–Trinajstić information content (AvgIpc) is 3.13. The lowest BCUT2D eigenvalue weighted by Gasteiger charge is -2.13. The number of carbonyl (C=O) groups is 1. The molecule has 0 aliphatic rings. The van der Waals surface area contributed by atoms with E-state index in [1.54, 1.807) is 0 Å². The standard InChI is InChI=1S/C23H22N4O2/c1-17(28)14-24-23-26-25-22(27(23)15-18-8-3-2-4-9-18)16-29-21-13-7-11-19-10-5-6-12-20(19)21/h2-13H,14-16H2,1H3,(H,24,26). The molecule has 1 heterocycles. The first-order chi connectivity index (χ1) is 14.2. The number of hydrogen-bond donors (Lipinski definition) is 1. The summed E-state index contributed by atoms with van der Waals surface area (Å²) in [6.45, 7) is 2.60. The topological polar surface area (TPSA) is 69.0 Å². The molecule has 0 aliphatic heterocycles. The molecule has 0 bridgehead atoms. The Kier molecular flexibility index (Phi) is 5.52. The van der Waals surface area contributed by atoms with Crippen molar-refractivity contribution in [3.8, 4) is 5.75 Å². The molecular formula is C23H22N4O2. The Hall–Kier alpha value is -3.67. The van der Waals surface area contributed by atoms with E-state index in [1.807, 2.05) is 65.2 Å². The van der Waals surface area contributed by atoms with Crippen LogP contribution in [0.1, 0.15) is 18.3 Å². The summed E-state index contributed by atoms with van der Waals surface area (Å²) in [7, 11) is 0. The van der Waals surface area contributed by atoms with Gasteiger partial charge in [-0.3, -0.25) is 9.36 Å². The lowest BCUT2D eigenvalue weighted by Crippen LogP contribution is -2.16. The Balaban J connectivity index is 1.59. The average molecular weight is 386 g/mol.